The molecule has 1 aromatic heterocycles. The van der Waals surface area contributed by atoms with Crippen LogP contribution in [0.3, 0.4) is 0 Å². The number of aromatic nitrogens is 2. The van der Waals surface area contributed by atoms with E-state index in [0.29, 0.717) is 13.1 Å². The van der Waals surface area contributed by atoms with Crippen molar-refractivity contribution in [2.75, 3.05) is 11.4 Å². The molecule has 2 heterocycles. The number of carboxylic acid groups (broad SMARTS) is 1. The van der Waals surface area contributed by atoms with Crippen LogP contribution in [-0.2, 0) is 17.9 Å². The molecule has 0 bridgehead atoms. The quantitative estimate of drug-likeness (QED) is 0.940. The second kappa shape index (κ2) is 6.12. The highest BCUT2D eigenvalue weighted by Crippen LogP contribution is 2.28. The van der Waals surface area contributed by atoms with Crippen molar-refractivity contribution in [3.63, 3.8) is 0 Å². The van der Waals surface area contributed by atoms with E-state index >= 15 is 0 Å². The summed E-state index contributed by atoms with van der Waals surface area (Å²) >= 11 is 0. The smallest absolute Gasteiger partial charge is 0.415 e. The van der Waals surface area contributed by atoms with Crippen LogP contribution in [0.25, 0.3) is 0 Å². The van der Waals surface area contributed by atoms with Crippen molar-refractivity contribution in [2.45, 2.75) is 20.1 Å². The van der Waals surface area contributed by atoms with E-state index < -0.39 is 12.1 Å². The Balaban J connectivity index is 1.81. The number of amides is 1. The lowest BCUT2D eigenvalue weighted by molar-refractivity contribution is 0.0697. The number of carboxylic acids is 1. The van der Waals surface area contributed by atoms with Crippen LogP contribution in [0.2, 0.25) is 0 Å². The third-order valence-electron chi connectivity index (χ3n) is 3.70. The third kappa shape index (κ3) is 3.03. The van der Waals surface area contributed by atoms with Crippen molar-refractivity contribution in [2.24, 2.45) is 5.92 Å². The lowest BCUT2D eigenvalue weighted by Gasteiger charge is -2.31. The Morgan fingerprint density at radius 1 is 1.30 bits per heavy atom. The molecule has 7 nitrogen and oxygen atoms in total. The second-order valence-corrected chi connectivity index (χ2v) is 5.63. The molecule has 1 amide bonds. The highest BCUT2D eigenvalue weighted by molar-refractivity contribution is 5.98. The van der Waals surface area contributed by atoms with Crippen molar-refractivity contribution >= 4 is 17.9 Å². The van der Waals surface area contributed by atoms with E-state index in [1.165, 1.54) is 11.1 Å². The number of fused-ring (bicyclic) bond motifs is 1. The monoisotopic (exact) mass is 315 g/mol. The van der Waals surface area contributed by atoms with Gasteiger partial charge in [-0.05, 0) is 11.5 Å². The molecular weight excluding hydrogens is 298 g/mol. The van der Waals surface area contributed by atoms with Gasteiger partial charge in [-0.25, -0.2) is 14.3 Å². The maximum absolute atomic E-state index is 12.4. The molecule has 0 saturated carbocycles. The molecule has 120 valence electrons. The molecular formula is C16H17N3O4. The summed E-state index contributed by atoms with van der Waals surface area (Å²) < 4.78 is 6.87. The molecule has 23 heavy (non-hydrogen) atoms. The number of anilines is 1. The number of hydrogen-bond donors (Lipinski definition) is 1. The van der Waals surface area contributed by atoms with Crippen molar-refractivity contribution in [1.29, 1.82) is 0 Å². The molecule has 1 N–H and O–H groups in total. The van der Waals surface area contributed by atoms with E-state index in [1.807, 2.05) is 37.3 Å². The van der Waals surface area contributed by atoms with Crippen molar-refractivity contribution in [3.05, 3.63) is 47.7 Å². The molecule has 0 radical (unpaired) electrons. The molecule has 2 aromatic rings. The Bertz CT molecular complexity index is 726. The number of carbonyl (C=O) groups excluding carboxylic acids is 1. The molecule has 0 fully saturated rings. The molecule has 0 spiro atoms. The number of benzene rings is 1. The normalized spacial score (nSPS) is 16.7. The topological polar surface area (TPSA) is 84.7 Å². The Hall–Kier alpha value is -2.83. The Morgan fingerprint density at radius 2 is 2.04 bits per heavy atom. The Kier molecular flexibility index (Phi) is 4.01. The molecule has 1 aromatic carbocycles. The zero-order valence-electron chi connectivity index (χ0n) is 12.7. The summed E-state index contributed by atoms with van der Waals surface area (Å²) in [4.78, 5) is 25.1. The van der Waals surface area contributed by atoms with Gasteiger partial charge in [0, 0.05) is 13.1 Å². The minimum Gasteiger partial charge on any atom is -0.477 e. The molecule has 0 saturated heterocycles. The standard InChI is InChI=1S/C16H17N3O4/c1-11-8-18(14-13(15(20)21)7-17-19(14)9-11)16(22)23-10-12-5-3-2-4-6-12/h2-7,11H,8-10H2,1H3,(H,20,21). The maximum Gasteiger partial charge on any atom is 0.415 e. The van der Waals surface area contributed by atoms with Crippen LogP contribution in [0.15, 0.2) is 36.5 Å². The lowest BCUT2D eigenvalue weighted by Crippen LogP contribution is -2.42. The third-order valence-corrected chi connectivity index (χ3v) is 3.70. The van der Waals surface area contributed by atoms with Gasteiger partial charge in [0.15, 0.2) is 5.82 Å². The fraction of sp³-hybridized carbons (Fsp3) is 0.312. The van der Waals surface area contributed by atoms with Crippen LogP contribution in [-0.4, -0.2) is 33.5 Å². The van der Waals surface area contributed by atoms with Gasteiger partial charge >= 0.3 is 12.1 Å². The van der Waals surface area contributed by atoms with E-state index in [2.05, 4.69) is 5.10 Å². The van der Waals surface area contributed by atoms with E-state index in [-0.39, 0.29) is 23.9 Å². The van der Waals surface area contributed by atoms with Crippen LogP contribution in [0.1, 0.15) is 22.8 Å². The second-order valence-electron chi connectivity index (χ2n) is 5.63. The first-order chi connectivity index (χ1) is 11.1. The van der Waals surface area contributed by atoms with Crippen LogP contribution < -0.4 is 4.90 Å². The zero-order valence-corrected chi connectivity index (χ0v) is 12.7. The summed E-state index contributed by atoms with van der Waals surface area (Å²) in [6, 6.07) is 9.33. The molecule has 1 unspecified atom stereocenters. The van der Waals surface area contributed by atoms with Gasteiger partial charge in [-0.2, -0.15) is 5.10 Å². The van der Waals surface area contributed by atoms with Crippen LogP contribution in [0.4, 0.5) is 10.6 Å². The predicted molar refractivity (Wildman–Crippen MR) is 82.3 cm³/mol. The summed E-state index contributed by atoms with van der Waals surface area (Å²) in [5, 5.41) is 13.3. The molecule has 1 aliphatic rings. The average molecular weight is 315 g/mol. The number of ether oxygens (including phenoxy) is 1. The fourth-order valence-electron chi connectivity index (χ4n) is 2.66. The first-order valence-corrected chi connectivity index (χ1v) is 7.33. The highest BCUT2D eigenvalue weighted by atomic mass is 16.6. The SMILES string of the molecule is CC1CN(C(=O)OCc2ccccc2)c2c(C(=O)O)cnn2C1. The number of carbonyl (C=O) groups is 2. The lowest BCUT2D eigenvalue weighted by atomic mass is 10.1. The van der Waals surface area contributed by atoms with E-state index in [4.69, 9.17) is 4.74 Å². The van der Waals surface area contributed by atoms with Crippen LogP contribution in [0.5, 0.6) is 0 Å². The molecule has 3 rings (SSSR count). The minimum absolute atomic E-state index is 0.00793. The van der Waals surface area contributed by atoms with Crippen molar-refractivity contribution in [1.82, 2.24) is 9.78 Å². The summed E-state index contributed by atoms with van der Waals surface area (Å²) in [6.07, 6.45) is 0.706. The van der Waals surface area contributed by atoms with E-state index in [9.17, 15) is 14.7 Å². The fourth-order valence-corrected chi connectivity index (χ4v) is 2.66. The van der Waals surface area contributed by atoms with Crippen molar-refractivity contribution in [3.8, 4) is 0 Å². The summed E-state index contributed by atoms with van der Waals surface area (Å²) in [7, 11) is 0. The van der Waals surface area contributed by atoms with E-state index in [1.54, 1.807) is 4.68 Å². The van der Waals surface area contributed by atoms with Gasteiger partial charge in [-0.15, -0.1) is 0 Å². The predicted octanol–water partition coefficient (Wildman–Crippen LogP) is 2.37. The number of hydrogen-bond acceptors (Lipinski definition) is 4. The number of nitrogens with zero attached hydrogens (tertiary/aromatic N) is 3. The highest BCUT2D eigenvalue weighted by Gasteiger charge is 2.33. The average Bonchev–Trinajstić information content (AvgIpc) is 2.96. The maximum atomic E-state index is 12.4. The first-order valence-electron chi connectivity index (χ1n) is 7.33. The van der Waals surface area contributed by atoms with Crippen molar-refractivity contribution < 1.29 is 19.4 Å². The van der Waals surface area contributed by atoms with Gasteiger partial charge in [0.2, 0.25) is 0 Å². The van der Waals surface area contributed by atoms with Gasteiger partial charge in [0.05, 0.1) is 6.20 Å². The van der Waals surface area contributed by atoms with Gasteiger partial charge in [-0.3, -0.25) is 4.90 Å². The van der Waals surface area contributed by atoms with Crippen LogP contribution >= 0.6 is 0 Å². The largest absolute Gasteiger partial charge is 0.477 e. The molecule has 7 heteroatoms. The molecule has 1 aliphatic heterocycles. The summed E-state index contributed by atoms with van der Waals surface area (Å²) in [5.74, 6) is -0.663. The Morgan fingerprint density at radius 3 is 2.74 bits per heavy atom. The minimum atomic E-state index is -1.11. The Labute approximate surface area is 133 Å². The van der Waals surface area contributed by atoms with Gasteiger partial charge in [0.1, 0.15) is 12.2 Å². The zero-order chi connectivity index (χ0) is 16.4. The number of rotatable bonds is 3. The van der Waals surface area contributed by atoms with E-state index in [0.717, 1.165) is 5.56 Å². The van der Waals surface area contributed by atoms with Crippen LogP contribution in [0, 0.1) is 5.92 Å². The molecule has 1 atom stereocenters. The number of aromatic carboxylic acids is 1. The van der Waals surface area contributed by atoms with Gasteiger partial charge in [-0.1, -0.05) is 37.3 Å². The van der Waals surface area contributed by atoms with Gasteiger partial charge < -0.3 is 9.84 Å². The molecule has 0 aliphatic carbocycles. The first kappa shape index (κ1) is 15.1. The summed E-state index contributed by atoms with van der Waals surface area (Å²) in [5.41, 5.74) is 0.881. The summed E-state index contributed by atoms with van der Waals surface area (Å²) in [6.45, 7) is 3.09. The van der Waals surface area contributed by atoms with Gasteiger partial charge in [0.25, 0.3) is 0 Å².